The SMILES string of the molecule is O=S(=O)(O)c1cccc2ccc(CN3CCOCCOCCN(Cc4ccc5cccc(O)c5n4)CCOCCOCC3)nc12. The molecule has 1 aliphatic heterocycles. The van der Waals surface area contributed by atoms with Crippen LogP contribution in [0.4, 0.5) is 0 Å². The van der Waals surface area contributed by atoms with Crippen molar-refractivity contribution in [2.45, 2.75) is 18.0 Å². The van der Waals surface area contributed by atoms with Crippen LogP contribution in [0.5, 0.6) is 5.75 Å². The van der Waals surface area contributed by atoms with Crippen LogP contribution in [0.3, 0.4) is 0 Å². The smallest absolute Gasteiger partial charge is 0.296 e. The summed E-state index contributed by atoms with van der Waals surface area (Å²) in [6.45, 7) is 7.47. The highest BCUT2D eigenvalue weighted by atomic mass is 32.2. The molecule has 0 aliphatic carbocycles. The number of nitrogens with zero attached hydrogens (tertiary/aromatic N) is 4. The number of ether oxygens (including phenoxy) is 4. The minimum absolute atomic E-state index is 0.170. The Kier molecular flexibility index (Phi) is 12.0. The minimum Gasteiger partial charge on any atom is -0.506 e. The molecule has 1 aliphatic rings. The van der Waals surface area contributed by atoms with E-state index in [9.17, 15) is 18.1 Å². The lowest BCUT2D eigenvalue weighted by molar-refractivity contribution is 0.00601. The van der Waals surface area contributed by atoms with Crippen molar-refractivity contribution in [1.29, 1.82) is 0 Å². The van der Waals surface area contributed by atoms with Crippen LogP contribution in [0.1, 0.15) is 11.4 Å². The van der Waals surface area contributed by atoms with Crippen LogP contribution in [-0.2, 0) is 42.2 Å². The Labute approximate surface area is 263 Å². The van der Waals surface area contributed by atoms with Crippen LogP contribution >= 0.6 is 0 Å². The van der Waals surface area contributed by atoms with E-state index in [0.717, 1.165) is 11.1 Å². The summed E-state index contributed by atoms with van der Waals surface area (Å²) in [5, 5.41) is 11.7. The number of fused-ring (bicyclic) bond motifs is 2. The van der Waals surface area contributed by atoms with E-state index in [2.05, 4.69) is 19.8 Å². The van der Waals surface area contributed by atoms with Gasteiger partial charge in [0.05, 0.1) is 69.8 Å². The van der Waals surface area contributed by atoms with E-state index in [1.54, 1.807) is 24.3 Å². The summed E-state index contributed by atoms with van der Waals surface area (Å²) in [5.41, 5.74) is 2.37. The van der Waals surface area contributed by atoms with Gasteiger partial charge in [-0.15, -0.1) is 0 Å². The van der Waals surface area contributed by atoms with Crippen molar-refractivity contribution in [1.82, 2.24) is 19.8 Å². The van der Waals surface area contributed by atoms with Crippen LogP contribution in [-0.4, -0.2) is 117 Å². The lowest BCUT2D eigenvalue weighted by atomic mass is 10.2. The third-order valence-electron chi connectivity index (χ3n) is 7.50. The second kappa shape index (κ2) is 16.3. The molecule has 5 rings (SSSR count). The molecule has 1 fully saturated rings. The first kappa shape index (κ1) is 33.1. The standard InChI is InChI=1S/C32H40N4O8S/c37-29-5-1-3-25-7-9-27(33-31(25)29)23-35-11-15-41-19-21-43-17-13-36(14-18-44-22-20-42-16-12-35)24-28-10-8-26-4-2-6-30(32(26)34-28)45(38,39)40/h1-10,37H,11-24H2,(H,38,39,40). The minimum atomic E-state index is -4.40. The number of aromatic nitrogens is 2. The van der Waals surface area contributed by atoms with Gasteiger partial charge in [0.1, 0.15) is 16.2 Å². The summed E-state index contributed by atoms with van der Waals surface area (Å²) >= 11 is 0. The summed E-state index contributed by atoms with van der Waals surface area (Å²) in [5.74, 6) is 0.170. The molecule has 2 aromatic carbocycles. The van der Waals surface area contributed by atoms with Gasteiger partial charge in [-0.25, -0.2) is 9.97 Å². The van der Waals surface area contributed by atoms with Gasteiger partial charge in [0.2, 0.25) is 0 Å². The Bertz CT molecular complexity index is 1640. The molecular formula is C32H40N4O8S. The van der Waals surface area contributed by atoms with Crippen LogP contribution in [0.25, 0.3) is 21.8 Å². The molecule has 242 valence electrons. The number of phenolic OH excluding ortho intramolecular Hbond substituents is 1. The number of aromatic hydroxyl groups is 1. The second-order valence-electron chi connectivity index (χ2n) is 10.8. The van der Waals surface area contributed by atoms with Crippen molar-refractivity contribution in [3.8, 4) is 5.75 Å². The van der Waals surface area contributed by atoms with E-state index in [4.69, 9.17) is 18.9 Å². The molecular weight excluding hydrogens is 600 g/mol. The molecule has 0 unspecified atom stereocenters. The fourth-order valence-corrected chi connectivity index (χ4v) is 5.79. The van der Waals surface area contributed by atoms with Crippen molar-refractivity contribution in [3.63, 3.8) is 0 Å². The van der Waals surface area contributed by atoms with Crippen molar-refractivity contribution >= 4 is 31.9 Å². The lowest BCUT2D eigenvalue weighted by Gasteiger charge is -2.23. The summed E-state index contributed by atoms with van der Waals surface area (Å²) in [7, 11) is -4.40. The fourth-order valence-electron chi connectivity index (χ4n) is 5.13. The first-order valence-corrected chi connectivity index (χ1v) is 16.5. The number of para-hydroxylation sites is 2. The largest absolute Gasteiger partial charge is 0.506 e. The average molecular weight is 641 g/mol. The molecule has 4 aromatic rings. The van der Waals surface area contributed by atoms with E-state index in [-0.39, 0.29) is 16.2 Å². The Hall–Kier alpha value is -3.27. The van der Waals surface area contributed by atoms with Crippen LogP contribution < -0.4 is 0 Å². The Morgan fingerprint density at radius 2 is 1.04 bits per heavy atom. The Morgan fingerprint density at radius 1 is 0.600 bits per heavy atom. The van der Waals surface area contributed by atoms with E-state index in [1.165, 1.54) is 6.07 Å². The van der Waals surface area contributed by atoms with Gasteiger partial charge in [-0.2, -0.15) is 8.42 Å². The quantitative estimate of drug-likeness (QED) is 0.309. The molecule has 12 nitrogen and oxygen atoms in total. The van der Waals surface area contributed by atoms with E-state index >= 15 is 0 Å². The van der Waals surface area contributed by atoms with Crippen LogP contribution in [0.2, 0.25) is 0 Å². The molecule has 0 spiro atoms. The molecule has 45 heavy (non-hydrogen) atoms. The van der Waals surface area contributed by atoms with Gasteiger partial charge in [-0.1, -0.05) is 36.4 Å². The maximum atomic E-state index is 11.9. The number of hydrogen-bond donors (Lipinski definition) is 2. The molecule has 1 saturated heterocycles. The highest BCUT2D eigenvalue weighted by molar-refractivity contribution is 7.86. The highest BCUT2D eigenvalue weighted by Gasteiger charge is 2.16. The predicted molar refractivity (Wildman–Crippen MR) is 169 cm³/mol. The zero-order valence-electron chi connectivity index (χ0n) is 25.2. The first-order chi connectivity index (χ1) is 21.9. The molecule has 3 heterocycles. The van der Waals surface area contributed by atoms with Crippen LogP contribution in [0, 0.1) is 0 Å². The topological polar surface area (TPSA) is 144 Å². The molecule has 0 bridgehead atoms. The molecule has 0 saturated carbocycles. The maximum absolute atomic E-state index is 11.9. The van der Waals surface area contributed by atoms with Crippen molar-refractivity contribution < 1.29 is 37.0 Å². The zero-order valence-corrected chi connectivity index (χ0v) is 26.0. The molecule has 13 heteroatoms. The summed E-state index contributed by atoms with van der Waals surface area (Å²) in [6.07, 6.45) is 0. The van der Waals surface area contributed by atoms with Crippen molar-refractivity contribution in [3.05, 3.63) is 72.1 Å². The number of phenols is 1. The van der Waals surface area contributed by atoms with Crippen LogP contribution in [0.15, 0.2) is 65.6 Å². The van der Waals surface area contributed by atoms with E-state index in [0.29, 0.717) is 109 Å². The molecule has 0 radical (unpaired) electrons. The molecule has 0 atom stereocenters. The van der Waals surface area contributed by atoms with Gasteiger partial charge in [0.25, 0.3) is 10.1 Å². The molecule has 2 N–H and O–H groups in total. The van der Waals surface area contributed by atoms with E-state index < -0.39 is 10.1 Å². The maximum Gasteiger partial charge on any atom is 0.296 e. The summed E-state index contributed by atoms with van der Waals surface area (Å²) in [4.78, 5) is 13.4. The third kappa shape index (κ3) is 9.86. The third-order valence-corrected chi connectivity index (χ3v) is 8.38. The molecule has 0 amide bonds. The van der Waals surface area contributed by atoms with Gasteiger partial charge in [-0.3, -0.25) is 14.4 Å². The zero-order chi connectivity index (χ0) is 31.5. The second-order valence-corrected chi connectivity index (χ2v) is 12.1. The Morgan fingerprint density at radius 3 is 1.53 bits per heavy atom. The van der Waals surface area contributed by atoms with Gasteiger partial charge < -0.3 is 24.1 Å². The number of benzene rings is 2. The lowest BCUT2D eigenvalue weighted by Crippen LogP contribution is -2.33. The summed E-state index contributed by atoms with van der Waals surface area (Å²) in [6, 6.07) is 17.7. The fraction of sp³-hybridized carbons (Fsp3) is 0.438. The van der Waals surface area contributed by atoms with Crippen molar-refractivity contribution in [2.24, 2.45) is 0 Å². The Balaban J connectivity index is 1.14. The van der Waals surface area contributed by atoms with Gasteiger partial charge in [-0.05, 0) is 24.3 Å². The van der Waals surface area contributed by atoms with E-state index in [1.807, 2.05) is 30.3 Å². The predicted octanol–water partition coefficient (Wildman–Crippen LogP) is 3.12. The van der Waals surface area contributed by atoms with Gasteiger partial charge in [0.15, 0.2) is 0 Å². The van der Waals surface area contributed by atoms with Crippen molar-refractivity contribution in [2.75, 3.05) is 79.0 Å². The average Bonchev–Trinajstić information content (AvgIpc) is 3.02. The summed E-state index contributed by atoms with van der Waals surface area (Å²) < 4.78 is 56.8. The van der Waals surface area contributed by atoms with Gasteiger partial charge >= 0.3 is 0 Å². The first-order valence-electron chi connectivity index (χ1n) is 15.1. The monoisotopic (exact) mass is 640 g/mol. The number of hydrogen-bond acceptors (Lipinski definition) is 11. The highest BCUT2D eigenvalue weighted by Crippen LogP contribution is 2.23. The normalized spacial score (nSPS) is 18.1. The van der Waals surface area contributed by atoms with Gasteiger partial charge in [0, 0.05) is 50.0 Å². The number of pyridine rings is 2. The molecule has 2 aromatic heterocycles. The number of rotatable bonds is 5.